The van der Waals surface area contributed by atoms with Gasteiger partial charge in [0, 0.05) is 11.3 Å². The summed E-state index contributed by atoms with van der Waals surface area (Å²) in [5.74, 6) is 1.50. The van der Waals surface area contributed by atoms with Crippen LogP contribution >= 0.6 is 0 Å². The number of nitrogens with zero attached hydrogens (tertiary/aromatic N) is 3. The first kappa shape index (κ1) is 17.5. The van der Waals surface area contributed by atoms with Crippen LogP contribution in [0.3, 0.4) is 0 Å². The zero-order valence-electron chi connectivity index (χ0n) is 15.4. The number of benzene rings is 1. The summed E-state index contributed by atoms with van der Waals surface area (Å²) >= 11 is 0. The molecular formula is C20H23N5O2. The highest BCUT2D eigenvalue weighted by Gasteiger charge is 2.17. The minimum absolute atomic E-state index is 0.0128. The van der Waals surface area contributed by atoms with Crippen molar-refractivity contribution in [1.29, 1.82) is 0 Å². The SMILES string of the molecule is CC(=O)c1cccc(Nc2nc(OCC3CCCCC3)c3[nH]cnc3n2)c1. The number of imidazole rings is 1. The summed E-state index contributed by atoms with van der Waals surface area (Å²) in [7, 11) is 0. The molecule has 2 aromatic heterocycles. The van der Waals surface area contributed by atoms with Gasteiger partial charge < -0.3 is 15.0 Å². The van der Waals surface area contributed by atoms with Crippen LogP contribution in [0, 0.1) is 5.92 Å². The third-order valence-electron chi connectivity index (χ3n) is 4.96. The van der Waals surface area contributed by atoms with Crippen molar-refractivity contribution in [2.75, 3.05) is 11.9 Å². The van der Waals surface area contributed by atoms with Gasteiger partial charge in [0.1, 0.15) is 5.52 Å². The zero-order valence-corrected chi connectivity index (χ0v) is 15.4. The molecule has 7 nitrogen and oxygen atoms in total. The van der Waals surface area contributed by atoms with Crippen LogP contribution in [0.2, 0.25) is 0 Å². The van der Waals surface area contributed by atoms with Crippen LogP contribution in [0.5, 0.6) is 5.88 Å². The number of carbonyl (C=O) groups is 1. The van der Waals surface area contributed by atoms with Crippen molar-refractivity contribution in [3.8, 4) is 5.88 Å². The second kappa shape index (κ2) is 7.73. The lowest BCUT2D eigenvalue weighted by Gasteiger charge is -2.21. The Morgan fingerprint density at radius 2 is 2.11 bits per heavy atom. The first-order chi connectivity index (χ1) is 13.2. The smallest absolute Gasteiger partial charge is 0.245 e. The average Bonchev–Trinajstić information content (AvgIpc) is 3.16. The number of rotatable bonds is 6. The average molecular weight is 365 g/mol. The van der Waals surface area contributed by atoms with Gasteiger partial charge in [-0.2, -0.15) is 9.97 Å². The molecule has 140 valence electrons. The standard InChI is InChI=1S/C20H23N5O2/c1-13(26)15-8-5-9-16(10-15)23-20-24-18-17(21-12-22-18)19(25-20)27-11-14-6-3-2-4-7-14/h5,8-10,12,14H,2-4,6-7,11H2,1H3,(H2,21,22,23,24,25). The van der Waals surface area contributed by atoms with Crippen molar-refractivity contribution in [2.24, 2.45) is 5.92 Å². The molecule has 1 fully saturated rings. The second-order valence-electron chi connectivity index (χ2n) is 7.03. The van der Waals surface area contributed by atoms with E-state index in [1.807, 2.05) is 12.1 Å². The van der Waals surface area contributed by atoms with E-state index in [1.165, 1.54) is 32.1 Å². The van der Waals surface area contributed by atoms with E-state index < -0.39 is 0 Å². The predicted octanol–water partition coefficient (Wildman–Crippen LogP) is 4.26. The van der Waals surface area contributed by atoms with E-state index in [0.29, 0.717) is 41.1 Å². The highest BCUT2D eigenvalue weighted by Crippen LogP contribution is 2.27. The molecule has 7 heteroatoms. The maximum atomic E-state index is 11.6. The van der Waals surface area contributed by atoms with Crippen LogP contribution in [0.15, 0.2) is 30.6 Å². The van der Waals surface area contributed by atoms with E-state index in [2.05, 4.69) is 25.3 Å². The number of ketones is 1. The first-order valence-corrected chi connectivity index (χ1v) is 9.41. The minimum Gasteiger partial charge on any atom is -0.476 e. The fourth-order valence-electron chi connectivity index (χ4n) is 3.46. The molecule has 0 spiro atoms. The van der Waals surface area contributed by atoms with E-state index in [-0.39, 0.29) is 5.78 Å². The van der Waals surface area contributed by atoms with E-state index in [1.54, 1.807) is 25.4 Å². The second-order valence-corrected chi connectivity index (χ2v) is 7.03. The molecule has 1 saturated carbocycles. The van der Waals surface area contributed by atoms with Gasteiger partial charge in [0.15, 0.2) is 11.4 Å². The highest BCUT2D eigenvalue weighted by atomic mass is 16.5. The summed E-state index contributed by atoms with van der Waals surface area (Å²) in [6.45, 7) is 2.20. The molecule has 0 unspecified atom stereocenters. The van der Waals surface area contributed by atoms with Gasteiger partial charge in [0.25, 0.3) is 0 Å². The Hall–Kier alpha value is -2.96. The molecule has 27 heavy (non-hydrogen) atoms. The van der Waals surface area contributed by atoms with Crippen molar-refractivity contribution in [1.82, 2.24) is 19.9 Å². The Morgan fingerprint density at radius 1 is 1.26 bits per heavy atom. The number of hydrogen-bond donors (Lipinski definition) is 2. The topological polar surface area (TPSA) is 92.8 Å². The van der Waals surface area contributed by atoms with Crippen molar-refractivity contribution >= 4 is 28.6 Å². The molecule has 1 aliphatic carbocycles. The number of aromatic amines is 1. The summed E-state index contributed by atoms with van der Waals surface area (Å²) in [6.07, 6.45) is 7.88. The summed E-state index contributed by atoms with van der Waals surface area (Å²) in [5, 5.41) is 3.15. The summed E-state index contributed by atoms with van der Waals surface area (Å²) < 4.78 is 6.04. The number of carbonyl (C=O) groups excluding carboxylic acids is 1. The van der Waals surface area contributed by atoms with E-state index in [9.17, 15) is 4.79 Å². The molecule has 3 aromatic rings. The molecule has 0 aliphatic heterocycles. The quantitative estimate of drug-likeness (QED) is 0.634. The van der Waals surface area contributed by atoms with Crippen molar-refractivity contribution in [3.05, 3.63) is 36.2 Å². The largest absolute Gasteiger partial charge is 0.476 e. The molecule has 2 N–H and O–H groups in total. The Balaban J connectivity index is 1.56. The normalized spacial score (nSPS) is 15.0. The molecular weight excluding hydrogens is 342 g/mol. The van der Waals surface area contributed by atoms with Gasteiger partial charge in [0.05, 0.1) is 12.9 Å². The molecule has 0 bridgehead atoms. The zero-order chi connectivity index (χ0) is 18.6. The maximum absolute atomic E-state index is 11.6. The van der Waals surface area contributed by atoms with Gasteiger partial charge in [-0.05, 0) is 37.8 Å². The van der Waals surface area contributed by atoms with Gasteiger partial charge in [-0.1, -0.05) is 31.4 Å². The van der Waals surface area contributed by atoms with Gasteiger partial charge >= 0.3 is 0 Å². The number of H-pyrrole nitrogens is 1. The van der Waals surface area contributed by atoms with Crippen LogP contribution in [-0.2, 0) is 0 Å². The van der Waals surface area contributed by atoms with Crippen LogP contribution in [0.1, 0.15) is 49.4 Å². The van der Waals surface area contributed by atoms with E-state index in [4.69, 9.17) is 4.74 Å². The molecule has 0 saturated heterocycles. The molecule has 0 amide bonds. The fourth-order valence-corrected chi connectivity index (χ4v) is 3.46. The number of aromatic nitrogens is 4. The van der Waals surface area contributed by atoms with Crippen LogP contribution in [0.25, 0.3) is 11.2 Å². The Kier molecular flexibility index (Phi) is 5.00. The number of Topliss-reactive ketones (excluding diaryl/α,β-unsaturated/α-hetero) is 1. The maximum Gasteiger partial charge on any atom is 0.245 e. The molecule has 0 atom stereocenters. The fraction of sp³-hybridized carbons (Fsp3) is 0.400. The number of anilines is 2. The van der Waals surface area contributed by atoms with Gasteiger partial charge in [0.2, 0.25) is 11.8 Å². The number of ether oxygens (including phenoxy) is 1. The van der Waals surface area contributed by atoms with E-state index in [0.717, 1.165) is 5.69 Å². The Morgan fingerprint density at radius 3 is 2.93 bits per heavy atom. The highest BCUT2D eigenvalue weighted by molar-refractivity contribution is 5.95. The lowest BCUT2D eigenvalue weighted by atomic mass is 9.90. The van der Waals surface area contributed by atoms with Gasteiger partial charge in [-0.15, -0.1) is 0 Å². The third-order valence-corrected chi connectivity index (χ3v) is 4.96. The summed E-state index contributed by atoms with van der Waals surface area (Å²) in [4.78, 5) is 27.8. The number of hydrogen-bond acceptors (Lipinski definition) is 6. The van der Waals surface area contributed by atoms with E-state index >= 15 is 0 Å². The van der Waals surface area contributed by atoms with Gasteiger partial charge in [-0.3, -0.25) is 4.79 Å². The number of nitrogens with one attached hydrogen (secondary N) is 2. The summed E-state index contributed by atoms with van der Waals surface area (Å²) in [6, 6.07) is 7.26. The number of fused-ring (bicyclic) bond motifs is 1. The molecule has 1 aromatic carbocycles. The Labute approximate surface area is 157 Å². The molecule has 0 radical (unpaired) electrons. The molecule has 4 rings (SSSR count). The molecule has 1 aliphatic rings. The minimum atomic E-state index is 0.0128. The van der Waals surface area contributed by atoms with Crippen molar-refractivity contribution < 1.29 is 9.53 Å². The monoisotopic (exact) mass is 365 g/mol. The van der Waals surface area contributed by atoms with Gasteiger partial charge in [-0.25, -0.2) is 4.98 Å². The molecule has 2 heterocycles. The van der Waals surface area contributed by atoms with Crippen LogP contribution in [0.4, 0.5) is 11.6 Å². The predicted molar refractivity (Wildman–Crippen MR) is 103 cm³/mol. The lowest BCUT2D eigenvalue weighted by Crippen LogP contribution is -2.16. The van der Waals surface area contributed by atoms with Crippen molar-refractivity contribution in [3.63, 3.8) is 0 Å². The lowest BCUT2D eigenvalue weighted by molar-refractivity contribution is 0.101. The van der Waals surface area contributed by atoms with Crippen LogP contribution < -0.4 is 10.1 Å². The van der Waals surface area contributed by atoms with Crippen LogP contribution in [-0.4, -0.2) is 32.3 Å². The Bertz CT molecular complexity index is 946. The summed E-state index contributed by atoms with van der Waals surface area (Å²) in [5.41, 5.74) is 2.63. The first-order valence-electron chi connectivity index (χ1n) is 9.41. The third kappa shape index (κ3) is 4.07. The van der Waals surface area contributed by atoms with Crippen molar-refractivity contribution in [2.45, 2.75) is 39.0 Å².